The average molecular weight is 418 g/mol. The quantitative estimate of drug-likeness (QED) is 0.606. The number of hydrogen-bond acceptors (Lipinski definition) is 6. The first-order chi connectivity index (χ1) is 13.4. The van der Waals surface area contributed by atoms with Gasteiger partial charge in [-0.15, -0.1) is 11.3 Å². The van der Waals surface area contributed by atoms with Gasteiger partial charge < -0.3 is 10.1 Å². The van der Waals surface area contributed by atoms with E-state index in [4.69, 9.17) is 4.74 Å². The first-order valence-corrected chi connectivity index (χ1v) is 10.8. The van der Waals surface area contributed by atoms with Crippen molar-refractivity contribution in [3.63, 3.8) is 0 Å². The predicted molar refractivity (Wildman–Crippen MR) is 110 cm³/mol. The maximum atomic E-state index is 12.9. The molecule has 2 N–H and O–H groups in total. The van der Waals surface area contributed by atoms with Crippen LogP contribution in [0.25, 0.3) is 11.3 Å². The summed E-state index contributed by atoms with van der Waals surface area (Å²) in [6.07, 6.45) is 0. The molecule has 146 valence electrons. The van der Waals surface area contributed by atoms with Crippen LogP contribution < -0.4 is 14.8 Å². The van der Waals surface area contributed by atoms with Crippen molar-refractivity contribution in [3.05, 3.63) is 53.9 Å². The van der Waals surface area contributed by atoms with Crippen molar-refractivity contribution in [2.75, 3.05) is 16.6 Å². The fourth-order valence-corrected chi connectivity index (χ4v) is 4.65. The number of hydrogen-bond donors (Lipinski definition) is 2. The fourth-order valence-electron chi connectivity index (χ4n) is 2.51. The highest BCUT2D eigenvalue weighted by atomic mass is 32.2. The molecule has 0 radical (unpaired) electrons. The van der Waals surface area contributed by atoms with Crippen LogP contribution in [0.5, 0.6) is 5.75 Å². The van der Waals surface area contributed by atoms with Crippen LogP contribution in [0.15, 0.2) is 58.8 Å². The summed E-state index contributed by atoms with van der Waals surface area (Å²) in [6, 6.07) is 13.9. The van der Waals surface area contributed by atoms with Crippen molar-refractivity contribution in [3.8, 4) is 17.0 Å². The van der Waals surface area contributed by atoms with E-state index < -0.39 is 10.0 Å². The zero-order valence-electron chi connectivity index (χ0n) is 15.3. The number of nitrogens with one attached hydrogen (secondary N) is 2. The lowest BCUT2D eigenvalue weighted by Gasteiger charge is -2.13. The van der Waals surface area contributed by atoms with E-state index in [0.717, 1.165) is 5.56 Å². The van der Waals surface area contributed by atoms with Crippen LogP contribution in [-0.2, 0) is 14.8 Å². The molecule has 0 bridgehead atoms. The van der Waals surface area contributed by atoms with Gasteiger partial charge in [0.05, 0.1) is 12.3 Å². The van der Waals surface area contributed by atoms with Gasteiger partial charge in [-0.25, -0.2) is 13.4 Å². The topological polar surface area (TPSA) is 97.4 Å². The smallest absolute Gasteiger partial charge is 0.267 e. The molecule has 0 saturated carbocycles. The Morgan fingerprint density at radius 3 is 2.61 bits per heavy atom. The molecular formula is C19H19N3O4S2. The first-order valence-electron chi connectivity index (χ1n) is 8.47. The molecule has 0 spiro atoms. The zero-order valence-corrected chi connectivity index (χ0v) is 16.9. The Balaban J connectivity index is 1.92. The summed E-state index contributed by atoms with van der Waals surface area (Å²) in [6.45, 7) is 3.42. The largest absolute Gasteiger partial charge is 0.492 e. The van der Waals surface area contributed by atoms with Crippen LogP contribution in [-0.4, -0.2) is 25.9 Å². The van der Waals surface area contributed by atoms with Gasteiger partial charge in [0, 0.05) is 23.6 Å². The van der Waals surface area contributed by atoms with E-state index in [-0.39, 0.29) is 21.7 Å². The second-order valence-corrected chi connectivity index (χ2v) is 8.29. The molecule has 7 nitrogen and oxygen atoms in total. The molecule has 0 unspecified atom stereocenters. The first kappa shape index (κ1) is 19.8. The molecule has 0 aliphatic carbocycles. The molecule has 0 saturated heterocycles. The minimum absolute atomic E-state index is 0.0722. The summed E-state index contributed by atoms with van der Waals surface area (Å²) in [5, 5.41) is 4.60. The fraction of sp³-hybridized carbons (Fsp3) is 0.158. The van der Waals surface area contributed by atoms with Crippen molar-refractivity contribution < 1.29 is 17.9 Å². The number of ether oxygens (including phenoxy) is 1. The van der Waals surface area contributed by atoms with Crippen LogP contribution in [0.1, 0.15) is 13.8 Å². The minimum Gasteiger partial charge on any atom is -0.492 e. The molecule has 28 heavy (non-hydrogen) atoms. The van der Waals surface area contributed by atoms with Gasteiger partial charge in [-0.2, -0.15) is 0 Å². The van der Waals surface area contributed by atoms with E-state index in [9.17, 15) is 13.2 Å². The van der Waals surface area contributed by atoms with Crippen LogP contribution >= 0.6 is 11.3 Å². The number of sulfonamides is 1. The van der Waals surface area contributed by atoms with Gasteiger partial charge in [0.15, 0.2) is 5.13 Å². The summed E-state index contributed by atoms with van der Waals surface area (Å²) in [5.41, 5.74) is 1.94. The van der Waals surface area contributed by atoms with Crippen LogP contribution in [0.4, 0.5) is 10.8 Å². The van der Waals surface area contributed by atoms with Gasteiger partial charge in [0.2, 0.25) is 5.91 Å². The van der Waals surface area contributed by atoms with E-state index in [1.165, 1.54) is 30.4 Å². The lowest BCUT2D eigenvalue weighted by Crippen LogP contribution is -2.15. The maximum absolute atomic E-state index is 12.9. The van der Waals surface area contributed by atoms with Crippen molar-refractivity contribution in [2.45, 2.75) is 18.7 Å². The number of aromatic nitrogens is 1. The molecule has 1 amide bonds. The molecule has 0 aliphatic heterocycles. The SMILES string of the molecule is CCOc1ccc(NC(C)=O)cc1S(=O)(=O)Nc1nc(-c2ccccc2)cs1. The molecule has 0 atom stereocenters. The summed E-state index contributed by atoms with van der Waals surface area (Å²) < 4.78 is 33.8. The van der Waals surface area contributed by atoms with Crippen LogP contribution in [0.3, 0.4) is 0 Å². The van der Waals surface area contributed by atoms with E-state index in [1.807, 2.05) is 30.3 Å². The maximum Gasteiger partial charge on any atom is 0.267 e. The molecule has 1 heterocycles. The molecule has 9 heteroatoms. The lowest BCUT2D eigenvalue weighted by molar-refractivity contribution is -0.114. The summed E-state index contributed by atoms with van der Waals surface area (Å²) in [7, 11) is -3.97. The van der Waals surface area contributed by atoms with Crippen molar-refractivity contribution in [1.29, 1.82) is 0 Å². The second-order valence-electron chi connectivity index (χ2n) is 5.79. The van der Waals surface area contributed by atoms with Gasteiger partial charge in [-0.1, -0.05) is 30.3 Å². The number of carbonyl (C=O) groups is 1. The van der Waals surface area contributed by atoms with Gasteiger partial charge in [0.1, 0.15) is 10.6 Å². The van der Waals surface area contributed by atoms with Gasteiger partial charge >= 0.3 is 0 Å². The molecule has 3 aromatic rings. The van der Waals surface area contributed by atoms with E-state index in [1.54, 1.807) is 18.4 Å². The standard InChI is InChI=1S/C19H19N3O4S2/c1-3-26-17-10-9-15(20-13(2)23)11-18(17)28(24,25)22-19-21-16(12-27-19)14-7-5-4-6-8-14/h4-12H,3H2,1-2H3,(H,20,23)(H,21,22). The Morgan fingerprint density at radius 2 is 1.93 bits per heavy atom. The molecule has 2 aromatic carbocycles. The highest BCUT2D eigenvalue weighted by Gasteiger charge is 2.22. The number of anilines is 2. The number of amides is 1. The Morgan fingerprint density at radius 1 is 1.18 bits per heavy atom. The van der Waals surface area contributed by atoms with Gasteiger partial charge in [-0.05, 0) is 25.1 Å². The number of rotatable bonds is 7. The van der Waals surface area contributed by atoms with Crippen molar-refractivity contribution >= 4 is 38.1 Å². The Bertz CT molecular complexity index is 1080. The molecule has 0 aliphatic rings. The Labute approximate surface area is 167 Å². The number of thiazole rings is 1. The third-order valence-electron chi connectivity index (χ3n) is 3.65. The molecule has 0 fully saturated rings. The van der Waals surface area contributed by atoms with E-state index in [0.29, 0.717) is 18.0 Å². The monoisotopic (exact) mass is 417 g/mol. The molecule has 1 aromatic heterocycles. The number of benzene rings is 2. The average Bonchev–Trinajstić information content (AvgIpc) is 3.11. The third-order valence-corrected chi connectivity index (χ3v) is 5.90. The van der Waals surface area contributed by atoms with Gasteiger partial charge in [0.25, 0.3) is 10.0 Å². The third kappa shape index (κ3) is 4.68. The minimum atomic E-state index is -3.97. The molecule has 3 rings (SSSR count). The number of carbonyl (C=O) groups excluding carboxylic acids is 1. The highest BCUT2D eigenvalue weighted by Crippen LogP contribution is 2.31. The summed E-state index contributed by atoms with van der Waals surface area (Å²) in [4.78, 5) is 15.6. The Kier molecular flexibility index (Phi) is 5.96. The zero-order chi connectivity index (χ0) is 20.1. The second kappa shape index (κ2) is 8.41. The Hall–Kier alpha value is -2.91. The molecular weight excluding hydrogens is 398 g/mol. The van der Waals surface area contributed by atoms with Crippen LogP contribution in [0.2, 0.25) is 0 Å². The van der Waals surface area contributed by atoms with E-state index in [2.05, 4.69) is 15.0 Å². The summed E-state index contributed by atoms with van der Waals surface area (Å²) >= 11 is 1.19. The number of nitrogens with zero attached hydrogens (tertiary/aromatic N) is 1. The predicted octanol–water partition coefficient (Wildman–Crippen LogP) is 3.97. The lowest BCUT2D eigenvalue weighted by atomic mass is 10.2. The summed E-state index contributed by atoms with van der Waals surface area (Å²) in [5.74, 6) is -0.100. The van der Waals surface area contributed by atoms with Crippen molar-refractivity contribution in [2.24, 2.45) is 0 Å². The van der Waals surface area contributed by atoms with E-state index >= 15 is 0 Å². The highest BCUT2D eigenvalue weighted by molar-refractivity contribution is 7.93. The normalized spacial score (nSPS) is 11.1. The van der Waals surface area contributed by atoms with Gasteiger partial charge in [-0.3, -0.25) is 9.52 Å². The van der Waals surface area contributed by atoms with Crippen LogP contribution in [0, 0.1) is 0 Å². The van der Waals surface area contributed by atoms with Crippen molar-refractivity contribution in [1.82, 2.24) is 4.98 Å².